The summed E-state index contributed by atoms with van der Waals surface area (Å²) in [6, 6.07) is 9.31. The molecule has 4 rings (SSSR count). The Balaban J connectivity index is 1.37. The number of amides is 1. The lowest BCUT2D eigenvalue weighted by Crippen LogP contribution is -2.23. The lowest BCUT2D eigenvalue weighted by molar-refractivity contribution is 0.0952. The molecule has 1 saturated carbocycles. The molecule has 24 heavy (non-hydrogen) atoms. The molecule has 0 unspecified atom stereocenters. The highest BCUT2D eigenvalue weighted by atomic mass is 16.5. The van der Waals surface area contributed by atoms with E-state index in [-0.39, 0.29) is 5.91 Å². The van der Waals surface area contributed by atoms with Gasteiger partial charge < -0.3 is 10.1 Å². The highest BCUT2D eigenvalue weighted by Gasteiger charge is 2.22. The van der Waals surface area contributed by atoms with E-state index in [2.05, 4.69) is 20.5 Å². The third-order valence-electron chi connectivity index (χ3n) is 4.14. The second kappa shape index (κ2) is 6.31. The summed E-state index contributed by atoms with van der Waals surface area (Å²) in [6.45, 7) is 1.16. The van der Waals surface area contributed by atoms with Gasteiger partial charge in [0.05, 0.1) is 23.9 Å². The standard InChI is InChI=1S/C18H18N4O2/c23-18(15-3-1-2-14-10-21-22-17(14)15)20-9-13-6-7-16(19-8-13)24-11-12-4-5-12/h1-3,6-8,10,12H,4-5,9,11H2,(H,20,23)(H,21,22). The summed E-state index contributed by atoms with van der Waals surface area (Å²) < 4.78 is 5.61. The van der Waals surface area contributed by atoms with Gasteiger partial charge in [0.15, 0.2) is 0 Å². The molecule has 0 saturated heterocycles. The van der Waals surface area contributed by atoms with E-state index in [0.29, 0.717) is 23.9 Å². The van der Waals surface area contributed by atoms with E-state index in [4.69, 9.17) is 4.74 Å². The van der Waals surface area contributed by atoms with Crippen molar-refractivity contribution in [3.05, 3.63) is 53.9 Å². The number of rotatable bonds is 6. The van der Waals surface area contributed by atoms with Crippen molar-refractivity contribution < 1.29 is 9.53 Å². The molecule has 1 aromatic carbocycles. The topological polar surface area (TPSA) is 79.9 Å². The molecule has 0 bridgehead atoms. The largest absolute Gasteiger partial charge is 0.477 e. The summed E-state index contributed by atoms with van der Waals surface area (Å²) in [5, 5.41) is 10.7. The van der Waals surface area contributed by atoms with E-state index in [0.717, 1.165) is 23.1 Å². The number of pyridine rings is 1. The average molecular weight is 322 g/mol. The molecule has 0 atom stereocenters. The van der Waals surface area contributed by atoms with Crippen LogP contribution in [0.5, 0.6) is 5.88 Å². The lowest BCUT2D eigenvalue weighted by atomic mass is 10.1. The van der Waals surface area contributed by atoms with Gasteiger partial charge >= 0.3 is 0 Å². The van der Waals surface area contributed by atoms with Crippen molar-refractivity contribution in [2.24, 2.45) is 5.92 Å². The van der Waals surface area contributed by atoms with Crippen molar-refractivity contribution in [2.75, 3.05) is 6.61 Å². The third-order valence-corrected chi connectivity index (χ3v) is 4.14. The average Bonchev–Trinajstić information content (AvgIpc) is 3.32. The van der Waals surface area contributed by atoms with Gasteiger partial charge in [-0.15, -0.1) is 0 Å². The zero-order chi connectivity index (χ0) is 16.4. The Morgan fingerprint density at radius 1 is 1.25 bits per heavy atom. The number of nitrogens with one attached hydrogen (secondary N) is 2. The molecule has 2 N–H and O–H groups in total. The van der Waals surface area contributed by atoms with Gasteiger partial charge in [-0.1, -0.05) is 18.2 Å². The first-order valence-corrected chi connectivity index (χ1v) is 8.07. The van der Waals surface area contributed by atoms with Crippen LogP contribution in [0.3, 0.4) is 0 Å². The Bertz CT molecular complexity index is 853. The Morgan fingerprint density at radius 2 is 2.17 bits per heavy atom. The molecular weight excluding hydrogens is 304 g/mol. The summed E-state index contributed by atoms with van der Waals surface area (Å²) in [6.07, 6.45) is 5.95. The molecular formula is C18H18N4O2. The number of carbonyl (C=O) groups excluding carboxylic acids is 1. The quantitative estimate of drug-likeness (QED) is 0.731. The van der Waals surface area contributed by atoms with Gasteiger partial charge in [-0.05, 0) is 30.4 Å². The summed E-state index contributed by atoms with van der Waals surface area (Å²) in [5.41, 5.74) is 2.26. The zero-order valence-electron chi connectivity index (χ0n) is 13.2. The van der Waals surface area contributed by atoms with Crippen molar-refractivity contribution in [1.29, 1.82) is 0 Å². The minimum Gasteiger partial charge on any atom is -0.477 e. The smallest absolute Gasteiger partial charge is 0.253 e. The molecule has 0 radical (unpaired) electrons. The molecule has 0 aliphatic heterocycles. The number of para-hydroxylation sites is 1. The molecule has 1 aliphatic rings. The van der Waals surface area contributed by atoms with Crippen LogP contribution in [-0.4, -0.2) is 27.7 Å². The Kier molecular flexibility index (Phi) is 3.86. The van der Waals surface area contributed by atoms with Crippen LogP contribution in [0, 0.1) is 5.92 Å². The highest BCUT2D eigenvalue weighted by Crippen LogP contribution is 2.29. The number of H-pyrrole nitrogens is 1. The molecule has 1 fully saturated rings. The van der Waals surface area contributed by atoms with Crippen LogP contribution in [0.2, 0.25) is 0 Å². The minimum absolute atomic E-state index is 0.140. The van der Waals surface area contributed by atoms with Crippen LogP contribution in [0.25, 0.3) is 10.9 Å². The second-order valence-corrected chi connectivity index (χ2v) is 6.08. The molecule has 6 nitrogen and oxygen atoms in total. The summed E-state index contributed by atoms with van der Waals surface area (Å²) in [7, 11) is 0. The van der Waals surface area contributed by atoms with Crippen LogP contribution >= 0.6 is 0 Å². The Labute approximate surface area is 139 Å². The van der Waals surface area contributed by atoms with Crippen LogP contribution in [0.15, 0.2) is 42.7 Å². The maximum absolute atomic E-state index is 12.4. The van der Waals surface area contributed by atoms with E-state index in [1.165, 1.54) is 12.8 Å². The fraction of sp³-hybridized carbons (Fsp3) is 0.278. The van der Waals surface area contributed by atoms with Gasteiger partial charge in [0.2, 0.25) is 5.88 Å². The number of aromatic amines is 1. The van der Waals surface area contributed by atoms with Crippen LogP contribution in [-0.2, 0) is 6.54 Å². The number of hydrogen-bond donors (Lipinski definition) is 2. The molecule has 1 aliphatic carbocycles. The van der Waals surface area contributed by atoms with Gasteiger partial charge in [-0.25, -0.2) is 4.98 Å². The fourth-order valence-corrected chi connectivity index (χ4v) is 2.52. The van der Waals surface area contributed by atoms with Crippen molar-refractivity contribution in [1.82, 2.24) is 20.5 Å². The van der Waals surface area contributed by atoms with Gasteiger partial charge in [0, 0.05) is 24.2 Å². The number of nitrogens with zero attached hydrogens (tertiary/aromatic N) is 2. The van der Waals surface area contributed by atoms with Gasteiger partial charge in [0.25, 0.3) is 5.91 Å². The first-order valence-electron chi connectivity index (χ1n) is 8.07. The SMILES string of the molecule is O=C(NCc1ccc(OCC2CC2)nc1)c1cccc2cn[nH]c12. The number of fused-ring (bicyclic) bond motifs is 1. The van der Waals surface area contributed by atoms with E-state index in [9.17, 15) is 4.79 Å². The second-order valence-electron chi connectivity index (χ2n) is 6.08. The molecule has 6 heteroatoms. The van der Waals surface area contributed by atoms with Crippen LogP contribution in [0.4, 0.5) is 0 Å². The van der Waals surface area contributed by atoms with Crippen molar-refractivity contribution in [3.63, 3.8) is 0 Å². The molecule has 0 spiro atoms. The fourth-order valence-electron chi connectivity index (χ4n) is 2.52. The molecule has 122 valence electrons. The lowest BCUT2D eigenvalue weighted by Gasteiger charge is -2.07. The zero-order valence-corrected chi connectivity index (χ0v) is 13.2. The molecule has 3 aromatic rings. The predicted octanol–water partition coefficient (Wildman–Crippen LogP) is 2.68. The third kappa shape index (κ3) is 3.22. The predicted molar refractivity (Wildman–Crippen MR) is 89.7 cm³/mol. The highest BCUT2D eigenvalue weighted by molar-refractivity contribution is 6.05. The molecule has 1 amide bonds. The van der Waals surface area contributed by atoms with Crippen molar-refractivity contribution in [3.8, 4) is 5.88 Å². The monoisotopic (exact) mass is 322 g/mol. The van der Waals surface area contributed by atoms with E-state index in [1.54, 1.807) is 18.5 Å². The minimum atomic E-state index is -0.140. The molecule has 2 heterocycles. The van der Waals surface area contributed by atoms with E-state index < -0.39 is 0 Å². The maximum atomic E-state index is 12.4. The first kappa shape index (κ1) is 14.7. The van der Waals surface area contributed by atoms with Gasteiger partial charge in [0.1, 0.15) is 0 Å². The Morgan fingerprint density at radius 3 is 2.96 bits per heavy atom. The number of benzene rings is 1. The number of aromatic nitrogens is 3. The summed E-state index contributed by atoms with van der Waals surface area (Å²) >= 11 is 0. The first-order chi connectivity index (χ1) is 11.8. The van der Waals surface area contributed by atoms with Crippen LogP contribution in [0.1, 0.15) is 28.8 Å². The number of ether oxygens (including phenoxy) is 1. The van der Waals surface area contributed by atoms with Crippen LogP contribution < -0.4 is 10.1 Å². The molecule has 2 aromatic heterocycles. The van der Waals surface area contributed by atoms with Gasteiger partial charge in [-0.3, -0.25) is 9.89 Å². The van der Waals surface area contributed by atoms with E-state index >= 15 is 0 Å². The summed E-state index contributed by atoms with van der Waals surface area (Å²) in [4.78, 5) is 16.7. The maximum Gasteiger partial charge on any atom is 0.253 e. The Hall–Kier alpha value is -2.89. The van der Waals surface area contributed by atoms with E-state index in [1.807, 2.05) is 24.3 Å². The van der Waals surface area contributed by atoms with Crippen molar-refractivity contribution in [2.45, 2.75) is 19.4 Å². The number of hydrogen-bond acceptors (Lipinski definition) is 4. The van der Waals surface area contributed by atoms with Gasteiger partial charge in [-0.2, -0.15) is 5.10 Å². The number of carbonyl (C=O) groups is 1. The summed E-state index contributed by atoms with van der Waals surface area (Å²) in [5.74, 6) is 1.20. The normalized spacial score (nSPS) is 13.8. The van der Waals surface area contributed by atoms with Crippen molar-refractivity contribution >= 4 is 16.8 Å².